The smallest absolute Gasteiger partial charge is 0.264 e. The highest BCUT2D eigenvalue weighted by atomic mass is 32.1. The number of aryl methyl sites for hydroxylation is 1. The number of nitrogens with one attached hydrogen (secondary N) is 1. The molecule has 1 aromatic heterocycles. The number of ether oxygens (including phenoxy) is 1. The normalized spacial score (nSPS) is 10.9. The van der Waals surface area contributed by atoms with Gasteiger partial charge in [-0.3, -0.25) is 10.1 Å². The van der Waals surface area contributed by atoms with Gasteiger partial charge in [-0.1, -0.05) is 26.0 Å². The Balaban J connectivity index is 1.59. The van der Waals surface area contributed by atoms with Crippen molar-refractivity contribution in [3.05, 3.63) is 64.8 Å². The summed E-state index contributed by atoms with van der Waals surface area (Å²) in [5.74, 6) is 0.531. The fourth-order valence-electron chi connectivity index (χ4n) is 2.58. The van der Waals surface area contributed by atoms with Gasteiger partial charge in [0.1, 0.15) is 11.6 Å². The van der Waals surface area contributed by atoms with Crippen LogP contribution < -0.4 is 10.1 Å². The molecule has 6 heteroatoms. The van der Waals surface area contributed by atoms with Crippen molar-refractivity contribution in [1.82, 2.24) is 4.98 Å². The highest BCUT2D eigenvalue weighted by Crippen LogP contribution is 2.30. The van der Waals surface area contributed by atoms with Crippen LogP contribution in [0.3, 0.4) is 0 Å². The predicted molar refractivity (Wildman–Crippen MR) is 107 cm³/mol. The summed E-state index contributed by atoms with van der Waals surface area (Å²) in [6.45, 7) is 6.07. The van der Waals surface area contributed by atoms with Gasteiger partial charge in [-0.15, -0.1) is 11.3 Å². The van der Waals surface area contributed by atoms with Gasteiger partial charge in [0.05, 0.1) is 5.69 Å². The third kappa shape index (κ3) is 4.92. The van der Waals surface area contributed by atoms with Gasteiger partial charge < -0.3 is 4.74 Å². The zero-order valence-corrected chi connectivity index (χ0v) is 16.3. The van der Waals surface area contributed by atoms with Crippen LogP contribution in [-0.2, 0) is 4.79 Å². The molecule has 4 nitrogen and oxygen atoms in total. The molecule has 0 aliphatic heterocycles. The molecule has 0 radical (unpaired) electrons. The Morgan fingerprint density at radius 2 is 1.81 bits per heavy atom. The molecule has 0 fully saturated rings. The first kappa shape index (κ1) is 19.0. The van der Waals surface area contributed by atoms with Crippen molar-refractivity contribution in [2.45, 2.75) is 26.7 Å². The number of amides is 1. The summed E-state index contributed by atoms with van der Waals surface area (Å²) < 4.78 is 18.6. The standard InChI is InChI=1S/C21H21FN2O2S/c1-13(2)15-6-10-18(11-7-15)26-12-19(25)23-21-24-20(14(3)27-21)16-4-8-17(22)9-5-16/h4-11,13H,12H2,1-3H3,(H,23,24,25). The van der Waals surface area contributed by atoms with Crippen molar-refractivity contribution < 1.29 is 13.9 Å². The molecule has 0 atom stereocenters. The first-order valence-corrected chi connectivity index (χ1v) is 9.50. The summed E-state index contributed by atoms with van der Waals surface area (Å²) in [6, 6.07) is 13.9. The maximum Gasteiger partial charge on any atom is 0.264 e. The topological polar surface area (TPSA) is 51.2 Å². The molecule has 1 amide bonds. The predicted octanol–water partition coefficient (Wildman–Crippen LogP) is 5.40. The number of aromatic nitrogens is 1. The largest absolute Gasteiger partial charge is 0.484 e. The number of hydrogen-bond donors (Lipinski definition) is 1. The Morgan fingerprint density at radius 1 is 1.15 bits per heavy atom. The monoisotopic (exact) mass is 384 g/mol. The van der Waals surface area contributed by atoms with Gasteiger partial charge in [0, 0.05) is 10.4 Å². The van der Waals surface area contributed by atoms with Crippen molar-refractivity contribution in [2.75, 3.05) is 11.9 Å². The van der Waals surface area contributed by atoms with Crippen LogP contribution in [-0.4, -0.2) is 17.5 Å². The maximum atomic E-state index is 13.1. The zero-order chi connectivity index (χ0) is 19.4. The minimum Gasteiger partial charge on any atom is -0.484 e. The Kier molecular flexibility index (Phi) is 5.86. The van der Waals surface area contributed by atoms with E-state index in [-0.39, 0.29) is 18.3 Å². The van der Waals surface area contributed by atoms with Crippen molar-refractivity contribution in [1.29, 1.82) is 0 Å². The van der Waals surface area contributed by atoms with Crippen molar-refractivity contribution in [3.8, 4) is 17.0 Å². The number of rotatable bonds is 6. The number of carbonyl (C=O) groups excluding carboxylic acids is 1. The molecule has 3 aromatic rings. The van der Waals surface area contributed by atoms with Gasteiger partial charge in [0.2, 0.25) is 0 Å². The summed E-state index contributed by atoms with van der Waals surface area (Å²) in [4.78, 5) is 17.5. The molecule has 0 spiro atoms. The van der Waals surface area contributed by atoms with Gasteiger partial charge in [0.25, 0.3) is 5.91 Å². The summed E-state index contributed by atoms with van der Waals surface area (Å²) in [6.07, 6.45) is 0. The molecule has 0 unspecified atom stereocenters. The van der Waals surface area contributed by atoms with E-state index in [2.05, 4.69) is 24.1 Å². The molecule has 27 heavy (non-hydrogen) atoms. The molecule has 1 N–H and O–H groups in total. The van der Waals surface area contributed by atoms with Crippen LogP contribution in [0.25, 0.3) is 11.3 Å². The van der Waals surface area contributed by atoms with Crippen LogP contribution in [0.5, 0.6) is 5.75 Å². The van der Waals surface area contributed by atoms with Crippen LogP contribution in [0.4, 0.5) is 9.52 Å². The number of nitrogens with zero attached hydrogens (tertiary/aromatic N) is 1. The summed E-state index contributed by atoms with van der Waals surface area (Å²) in [5.41, 5.74) is 2.77. The van der Waals surface area contributed by atoms with E-state index in [0.29, 0.717) is 16.8 Å². The Labute approximate surface area is 162 Å². The number of hydrogen-bond acceptors (Lipinski definition) is 4. The SMILES string of the molecule is Cc1sc(NC(=O)COc2ccc(C(C)C)cc2)nc1-c1ccc(F)cc1. The van der Waals surface area contributed by atoms with E-state index in [1.54, 1.807) is 12.1 Å². The van der Waals surface area contributed by atoms with E-state index < -0.39 is 0 Å². The minimum absolute atomic E-state index is 0.0917. The fourth-order valence-corrected chi connectivity index (χ4v) is 3.43. The van der Waals surface area contributed by atoms with Crippen LogP contribution >= 0.6 is 11.3 Å². The lowest BCUT2D eigenvalue weighted by atomic mass is 10.0. The molecular formula is C21H21FN2O2S. The first-order chi connectivity index (χ1) is 12.9. The van der Waals surface area contributed by atoms with Crippen molar-refractivity contribution in [2.24, 2.45) is 0 Å². The van der Waals surface area contributed by atoms with E-state index in [4.69, 9.17) is 4.74 Å². The quantitative estimate of drug-likeness (QED) is 0.619. The molecule has 0 aliphatic carbocycles. The van der Waals surface area contributed by atoms with Gasteiger partial charge in [-0.2, -0.15) is 0 Å². The number of halogens is 1. The summed E-state index contributed by atoms with van der Waals surface area (Å²) in [5, 5.41) is 3.25. The Bertz CT molecular complexity index is 918. The zero-order valence-electron chi connectivity index (χ0n) is 15.5. The van der Waals surface area contributed by atoms with Crippen molar-refractivity contribution >= 4 is 22.4 Å². The maximum absolute atomic E-state index is 13.1. The Morgan fingerprint density at radius 3 is 2.44 bits per heavy atom. The molecule has 0 aliphatic rings. The van der Waals surface area contributed by atoms with E-state index in [1.807, 2.05) is 31.2 Å². The molecule has 2 aromatic carbocycles. The molecule has 0 bridgehead atoms. The Hall–Kier alpha value is -2.73. The number of carbonyl (C=O) groups is 1. The molecule has 0 saturated heterocycles. The van der Waals surface area contributed by atoms with Gasteiger partial charge in [-0.25, -0.2) is 9.37 Å². The van der Waals surface area contributed by atoms with Crippen LogP contribution in [0, 0.1) is 12.7 Å². The molecule has 140 valence electrons. The summed E-state index contributed by atoms with van der Waals surface area (Å²) in [7, 11) is 0. The second-order valence-electron chi connectivity index (χ2n) is 6.49. The summed E-state index contributed by atoms with van der Waals surface area (Å²) >= 11 is 1.38. The lowest BCUT2D eigenvalue weighted by Crippen LogP contribution is -2.20. The lowest BCUT2D eigenvalue weighted by molar-refractivity contribution is -0.118. The lowest BCUT2D eigenvalue weighted by Gasteiger charge is -2.08. The van der Waals surface area contributed by atoms with E-state index in [0.717, 1.165) is 16.1 Å². The van der Waals surface area contributed by atoms with E-state index in [9.17, 15) is 9.18 Å². The number of benzene rings is 2. The van der Waals surface area contributed by atoms with Gasteiger partial charge >= 0.3 is 0 Å². The number of thiazole rings is 1. The van der Waals surface area contributed by atoms with Crippen LogP contribution in [0.1, 0.15) is 30.2 Å². The number of anilines is 1. The van der Waals surface area contributed by atoms with Crippen molar-refractivity contribution in [3.63, 3.8) is 0 Å². The highest BCUT2D eigenvalue weighted by molar-refractivity contribution is 7.16. The molecule has 1 heterocycles. The second-order valence-corrected chi connectivity index (χ2v) is 7.69. The van der Waals surface area contributed by atoms with E-state index in [1.165, 1.54) is 29.0 Å². The average Bonchev–Trinajstić information content (AvgIpc) is 3.01. The van der Waals surface area contributed by atoms with Crippen LogP contribution in [0.2, 0.25) is 0 Å². The highest BCUT2D eigenvalue weighted by Gasteiger charge is 2.13. The second kappa shape index (κ2) is 8.31. The third-order valence-electron chi connectivity index (χ3n) is 4.08. The van der Waals surface area contributed by atoms with E-state index >= 15 is 0 Å². The molecular weight excluding hydrogens is 363 g/mol. The average molecular weight is 384 g/mol. The fraction of sp³-hybridized carbons (Fsp3) is 0.238. The minimum atomic E-state index is -0.293. The van der Waals surface area contributed by atoms with Crippen LogP contribution in [0.15, 0.2) is 48.5 Å². The molecule has 3 rings (SSSR count). The van der Waals surface area contributed by atoms with Gasteiger partial charge in [0.15, 0.2) is 11.7 Å². The third-order valence-corrected chi connectivity index (χ3v) is 4.96. The van der Waals surface area contributed by atoms with Gasteiger partial charge in [-0.05, 0) is 54.8 Å². The first-order valence-electron chi connectivity index (χ1n) is 8.68. The molecule has 0 saturated carbocycles.